The average molecular weight is 339 g/mol. The molecule has 1 aliphatic rings. The van der Waals surface area contributed by atoms with Crippen LogP contribution in [-0.4, -0.2) is 19.6 Å². The van der Waals surface area contributed by atoms with E-state index in [1.807, 2.05) is 42.5 Å². The van der Waals surface area contributed by atoms with E-state index in [1.165, 1.54) is 5.56 Å². The molecule has 1 unspecified atom stereocenters. The van der Waals surface area contributed by atoms with Crippen LogP contribution in [0.5, 0.6) is 5.75 Å². The van der Waals surface area contributed by atoms with E-state index in [1.54, 1.807) is 7.11 Å². The molecule has 1 amide bonds. The lowest BCUT2D eigenvalue weighted by Gasteiger charge is -2.24. The summed E-state index contributed by atoms with van der Waals surface area (Å²) in [5.41, 5.74) is 15.2. The van der Waals surface area contributed by atoms with Crippen molar-refractivity contribution < 1.29 is 9.53 Å². The summed E-state index contributed by atoms with van der Waals surface area (Å²) in [5.74, 6) is 0.652. The number of amides is 1. The van der Waals surface area contributed by atoms with Gasteiger partial charge in [-0.15, -0.1) is 0 Å². The van der Waals surface area contributed by atoms with Gasteiger partial charge in [-0.3, -0.25) is 4.79 Å². The predicted molar refractivity (Wildman–Crippen MR) is 98.2 cm³/mol. The minimum absolute atomic E-state index is 0.148. The zero-order valence-electron chi connectivity index (χ0n) is 14.5. The molecule has 2 aromatic rings. The van der Waals surface area contributed by atoms with E-state index < -0.39 is 5.54 Å². The summed E-state index contributed by atoms with van der Waals surface area (Å²) in [7, 11) is 1.64. The van der Waals surface area contributed by atoms with Crippen LogP contribution in [0.1, 0.15) is 28.7 Å². The van der Waals surface area contributed by atoms with Crippen molar-refractivity contribution in [3.05, 3.63) is 64.7 Å². The minimum Gasteiger partial charge on any atom is -0.496 e. The van der Waals surface area contributed by atoms with Gasteiger partial charge in [0.15, 0.2) is 0 Å². The van der Waals surface area contributed by atoms with Crippen LogP contribution in [0.25, 0.3) is 0 Å². The second kappa shape index (κ2) is 7.25. The maximum atomic E-state index is 12.8. The van der Waals surface area contributed by atoms with Crippen LogP contribution in [0.3, 0.4) is 0 Å². The second-order valence-corrected chi connectivity index (χ2v) is 6.50. The first kappa shape index (κ1) is 17.5. The minimum atomic E-state index is -0.997. The quantitative estimate of drug-likeness (QED) is 0.746. The molecule has 0 saturated carbocycles. The van der Waals surface area contributed by atoms with Gasteiger partial charge >= 0.3 is 0 Å². The highest BCUT2D eigenvalue weighted by molar-refractivity contribution is 5.89. The van der Waals surface area contributed by atoms with E-state index >= 15 is 0 Å². The summed E-state index contributed by atoms with van der Waals surface area (Å²) in [4.78, 5) is 12.8. The van der Waals surface area contributed by atoms with E-state index in [4.69, 9.17) is 16.2 Å². The van der Waals surface area contributed by atoms with Crippen LogP contribution < -0.4 is 21.5 Å². The molecule has 1 atom stereocenters. The smallest absolute Gasteiger partial charge is 0.244 e. The number of hydrogen-bond acceptors (Lipinski definition) is 4. The van der Waals surface area contributed by atoms with Crippen LogP contribution >= 0.6 is 0 Å². The second-order valence-electron chi connectivity index (χ2n) is 6.50. The number of carbonyl (C=O) groups excluding carboxylic acids is 1. The Balaban J connectivity index is 1.70. The maximum absolute atomic E-state index is 12.8. The lowest BCUT2D eigenvalue weighted by atomic mass is 9.91. The third-order valence-corrected chi connectivity index (χ3v) is 4.92. The van der Waals surface area contributed by atoms with Crippen molar-refractivity contribution in [1.29, 1.82) is 0 Å². The number of carbonyl (C=O) groups is 1. The summed E-state index contributed by atoms with van der Waals surface area (Å²) in [6, 6.07) is 13.8. The molecule has 25 heavy (non-hydrogen) atoms. The van der Waals surface area contributed by atoms with E-state index in [0.29, 0.717) is 19.5 Å². The van der Waals surface area contributed by atoms with E-state index in [-0.39, 0.29) is 5.91 Å². The number of fused-ring (bicyclic) bond motifs is 1. The summed E-state index contributed by atoms with van der Waals surface area (Å²) in [6.45, 7) is 1.09. The molecule has 0 spiro atoms. The van der Waals surface area contributed by atoms with E-state index in [0.717, 1.165) is 35.3 Å². The normalized spacial score (nSPS) is 18.7. The molecular formula is C20H25N3O2. The Morgan fingerprint density at radius 1 is 1.20 bits per heavy atom. The molecule has 0 radical (unpaired) electrons. The van der Waals surface area contributed by atoms with Gasteiger partial charge in [0.2, 0.25) is 5.91 Å². The Morgan fingerprint density at radius 3 is 2.60 bits per heavy atom. The highest BCUT2D eigenvalue weighted by Crippen LogP contribution is 2.39. The topological polar surface area (TPSA) is 90.4 Å². The van der Waals surface area contributed by atoms with Crippen LogP contribution in [-0.2, 0) is 29.7 Å². The van der Waals surface area contributed by atoms with Crippen molar-refractivity contribution in [3.63, 3.8) is 0 Å². The van der Waals surface area contributed by atoms with Crippen molar-refractivity contribution in [2.24, 2.45) is 11.5 Å². The monoisotopic (exact) mass is 339 g/mol. The van der Waals surface area contributed by atoms with Gasteiger partial charge < -0.3 is 21.5 Å². The third kappa shape index (κ3) is 3.38. The van der Waals surface area contributed by atoms with E-state index in [2.05, 4.69) is 5.32 Å². The van der Waals surface area contributed by atoms with Gasteiger partial charge in [0.05, 0.1) is 7.11 Å². The highest BCUT2D eigenvalue weighted by Gasteiger charge is 2.42. The van der Waals surface area contributed by atoms with Crippen molar-refractivity contribution in [1.82, 2.24) is 5.32 Å². The number of rotatable bonds is 6. The molecule has 0 heterocycles. The summed E-state index contributed by atoms with van der Waals surface area (Å²) in [5, 5.41) is 2.98. The molecular weight excluding hydrogens is 314 g/mol. The largest absolute Gasteiger partial charge is 0.496 e. The fraction of sp³-hybridized carbons (Fsp3) is 0.350. The number of nitrogens with two attached hydrogens (primary N) is 2. The lowest BCUT2D eigenvalue weighted by Crippen LogP contribution is -2.49. The summed E-state index contributed by atoms with van der Waals surface area (Å²) < 4.78 is 5.39. The van der Waals surface area contributed by atoms with Crippen molar-refractivity contribution >= 4 is 5.91 Å². The molecule has 5 heteroatoms. The van der Waals surface area contributed by atoms with E-state index in [9.17, 15) is 4.79 Å². The maximum Gasteiger partial charge on any atom is 0.244 e. The predicted octanol–water partition coefficient (Wildman–Crippen LogP) is 1.61. The molecule has 0 bridgehead atoms. The molecule has 132 valence electrons. The van der Waals surface area contributed by atoms with Gasteiger partial charge in [-0.2, -0.15) is 0 Å². The first-order chi connectivity index (χ1) is 12.1. The van der Waals surface area contributed by atoms with Crippen molar-refractivity contribution in [3.8, 4) is 5.75 Å². The van der Waals surface area contributed by atoms with Gasteiger partial charge in [-0.05, 0) is 54.1 Å². The zero-order chi connectivity index (χ0) is 17.9. The molecule has 0 aromatic heterocycles. The van der Waals surface area contributed by atoms with Gasteiger partial charge in [0.1, 0.15) is 11.3 Å². The van der Waals surface area contributed by atoms with Gasteiger partial charge in [0.25, 0.3) is 0 Å². The number of ether oxygens (including phenoxy) is 1. The molecule has 5 nitrogen and oxygen atoms in total. The van der Waals surface area contributed by atoms with Gasteiger partial charge in [-0.1, -0.05) is 36.4 Å². The standard InChI is InChI=1S/C20H25N3O2/c1-25-18-4-2-3-17-16(18)9-11-20(17,22)19(24)23-13-15-7-5-14(6-8-15)10-12-21/h2-8H,9-13,21-22H2,1H3,(H,23,24). The Hall–Kier alpha value is -2.37. The fourth-order valence-electron chi connectivity index (χ4n) is 3.46. The molecule has 5 N–H and O–H groups in total. The molecule has 0 saturated heterocycles. The molecule has 0 aliphatic heterocycles. The number of benzene rings is 2. The fourth-order valence-corrected chi connectivity index (χ4v) is 3.46. The summed E-state index contributed by atoms with van der Waals surface area (Å²) in [6.07, 6.45) is 2.19. The van der Waals surface area contributed by atoms with Crippen molar-refractivity contribution in [2.45, 2.75) is 31.3 Å². The molecule has 3 rings (SSSR count). The van der Waals surface area contributed by atoms with Crippen LogP contribution in [0, 0.1) is 0 Å². The first-order valence-electron chi connectivity index (χ1n) is 8.60. The highest BCUT2D eigenvalue weighted by atomic mass is 16.5. The first-order valence-corrected chi connectivity index (χ1v) is 8.60. The lowest BCUT2D eigenvalue weighted by molar-refractivity contribution is -0.126. The number of hydrogen-bond donors (Lipinski definition) is 3. The Bertz CT molecular complexity index is 758. The average Bonchev–Trinajstić information content (AvgIpc) is 2.99. The number of nitrogens with one attached hydrogen (secondary N) is 1. The van der Waals surface area contributed by atoms with Gasteiger partial charge in [-0.25, -0.2) is 0 Å². The number of methoxy groups -OCH3 is 1. The zero-order valence-corrected chi connectivity index (χ0v) is 14.5. The summed E-state index contributed by atoms with van der Waals surface area (Å²) >= 11 is 0. The van der Waals surface area contributed by atoms with Crippen molar-refractivity contribution in [2.75, 3.05) is 13.7 Å². The van der Waals surface area contributed by atoms with Crippen LogP contribution in [0.4, 0.5) is 0 Å². The van der Waals surface area contributed by atoms with Gasteiger partial charge in [0, 0.05) is 6.54 Å². The van der Waals surface area contributed by atoms with Crippen LogP contribution in [0.15, 0.2) is 42.5 Å². The molecule has 1 aliphatic carbocycles. The Kier molecular flexibility index (Phi) is 5.06. The third-order valence-electron chi connectivity index (χ3n) is 4.92. The Labute approximate surface area is 148 Å². The van der Waals surface area contributed by atoms with Crippen LogP contribution in [0.2, 0.25) is 0 Å². The molecule has 0 fully saturated rings. The SMILES string of the molecule is COc1cccc2c1CCC2(N)C(=O)NCc1ccc(CCN)cc1. The Morgan fingerprint density at radius 2 is 1.92 bits per heavy atom. The molecule has 2 aromatic carbocycles.